The van der Waals surface area contributed by atoms with Crippen LogP contribution in [0.4, 0.5) is 0 Å². The van der Waals surface area contributed by atoms with E-state index in [0.717, 1.165) is 12.8 Å². The van der Waals surface area contributed by atoms with E-state index in [9.17, 15) is 4.79 Å². The smallest absolute Gasteiger partial charge is 0.136 e. The lowest BCUT2D eigenvalue weighted by atomic mass is 9.91. The fourth-order valence-electron chi connectivity index (χ4n) is 2.98. The van der Waals surface area contributed by atoms with Crippen LogP contribution in [0.2, 0.25) is 0 Å². The lowest BCUT2D eigenvalue weighted by molar-refractivity contribution is -0.121. The minimum absolute atomic E-state index is 0.253. The van der Waals surface area contributed by atoms with Gasteiger partial charge >= 0.3 is 0 Å². The first kappa shape index (κ1) is 14.3. The van der Waals surface area contributed by atoms with Gasteiger partial charge in [-0.25, -0.2) is 0 Å². The average molecular weight is 259 g/mol. The first-order valence-electron chi connectivity index (χ1n) is 7.39. The van der Waals surface area contributed by atoms with Crippen LogP contribution in [-0.4, -0.2) is 12.3 Å². The predicted octanol–water partition coefficient (Wildman–Crippen LogP) is 3.37. The van der Waals surface area contributed by atoms with Crippen molar-refractivity contribution in [2.75, 3.05) is 6.54 Å². The summed E-state index contributed by atoms with van der Waals surface area (Å²) in [7, 11) is 0. The fourth-order valence-corrected chi connectivity index (χ4v) is 2.98. The maximum absolute atomic E-state index is 12.3. The molecule has 2 rings (SSSR count). The molecular weight excluding hydrogens is 234 g/mol. The van der Waals surface area contributed by atoms with Crippen LogP contribution in [0, 0.1) is 17.8 Å². The molecule has 0 amide bonds. The summed E-state index contributed by atoms with van der Waals surface area (Å²) >= 11 is 0. The monoisotopic (exact) mass is 259 g/mol. The van der Waals surface area contributed by atoms with Gasteiger partial charge in [-0.05, 0) is 42.7 Å². The second kappa shape index (κ2) is 6.33. The quantitative estimate of drug-likeness (QED) is 0.816. The van der Waals surface area contributed by atoms with Crippen molar-refractivity contribution < 1.29 is 4.79 Å². The maximum Gasteiger partial charge on any atom is 0.136 e. The highest BCUT2D eigenvalue weighted by molar-refractivity contribution is 5.85. The third-order valence-corrected chi connectivity index (χ3v) is 4.06. The molecule has 2 N–H and O–H groups in total. The Morgan fingerprint density at radius 1 is 1.32 bits per heavy atom. The van der Waals surface area contributed by atoms with Crippen LogP contribution in [-0.2, 0) is 4.79 Å². The standard InChI is InChI=1S/C17H25NO/c1-12(2)8-13(11-18)9-17(19)16-10-15(16)14-6-4-3-5-7-14/h3-7,12-13,15-16H,8-11,18H2,1-2H3. The van der Waals surface area contributed by atoms with E-state index >= 15 is 0 Å². The van der Waals surface area contributed by atoms with Gasteiger partial charge in [0.05, 0.1) is 0 Å². The Bertz CT molecular complexity index is 413. The second-order valence-corrected chi connectivity index (χ2v) is 6.26. The molecule has 0 bridgehead atoms. The number of benzene rings is 1. The van der Waals surface area contributed by atoms with Gasteiger partial charge < -0.3 is 5.73 Å². The van der Waals surface area contributed by atoms with E-state index in [2.05, 4.69) is 38.1 Å². The molecule has 3 unspecified atom stereocenters. The number of hydrogen-bond donors (Lipinski definition) is 1. The number of ketones is 1. The molecular formula is C17H25NO. The fraction of sp³-hybridized carbons (Fsp3) is 0.588. The number of Topliss-reactive ketones (excluding diaryl/α,β-unsaturated/α-hetero) is 1. The highest BCUT2D eigenvalue weighted by atomic mass is 16.1. The lowest BCUT2D eigenvalue weighted by Gasteiger charge is -2.16. The van der Waals surface area contributed by atoms with Crippen LogP contribution in [0.25, 0.3) is 0 Å². The number of hydrogen-bond acceptors (Lipinski definition) is 2. The van der Waals surface area contributed by atoms with Crippen molar-refractivity contribution in [2.45, 2.75) is 39.0 Å². The predicted molar refractivity (Wildman–Crippen MR) is 78.9 cm³/mol. The van der Waals surface area contributed by atoms with E-state index < -0.39 is 0 Å². The molecule has 1 aliphatic rings. The van der Waals surface area contributed by atoms with Gasteiger partial charge in [-0.3, -0.25) is 4.79 Å². The molecule has 2 heteroatoms. The average Bonchev–Trinajstić information content (AvgIpc) is 3.18. The van der Waals surface area contributed by atoms with Crippen molar-refractivity contribution in [1.82, 2.24) is 0 Å². The third-order valence-electron chi connectivity index (χ3n) is 4.06. The Morgan fingerprint density at radius 3 is 2.58 bits per heavy atom. The highest BCUT2D eigenvalue weighted by Gasteiger charge is 2.43. The molecule has 1 saturated carbocycles. The first-order valence-corrected chi connectivity index (χ1v) is 7.39. The number of carbonyl (C=O) groups excluding carboxylic acids is 1. The largest absolute Gasteiger partial charge is 0.330 e. The molecule has 2 nitrogen and oxygen atoms in total. The summed E-state index contributed by atoms with van der Waals surface area (Å²) in [4.78, 5) is 12.3. The van der Waals surface area contributed by atoms with Crippen LogP contribution < -0.4 is 5.73 Å². The zero-order valence-corrected chi connectivity index (χ0v) is 12.0. The van der Waals surface area contributed by atoms with E-state index in [-0.39, 0.29) is 5.92 Å². The van der Waals surface area contributed by atoms with Crippen molar-refractivity contribution >= 4 is 5.78 Å². The van der Waals surface area contributed by atoms with E-state index in [1.807, 2.05) is 6.07 Å². The van der Waals surface area contributed by atoms with Crippen molar-refractivity contribution in [1.29, 1.82) is 0 Å². The molecule has 0 spiro atoms. The Morgan fingerprint density at radius 2 is 2.00 bits per heavy atom. The van der Waals surface area contributed by atoms with Crippen molar-refractivity contribution in [3.63, 3.8) is 0 Å². The number of nitrogens with two attached hydrogens (primary N) is 1. The van der Waals surface area contributed by atoms with Crippen molar-refractivity contribution in [3.8, 4) is 0 Å². The molecule has 0 aromatic heterocycles. The zero-order chi connectivity index (χ0) is 13.8. The highest BCUT2D eigenvalue weighted by Crippen LogP contribution is 2.48. The van der Waals surface area contributed by atoms with Gasteiger partial charge in [0.25, 0.3) is 0 Å². The second-order valence-electron chi connectivity index (χ2n) is 6.26. The summed E-state index contributed by atoms with van der Waals surface area (Å²) in [5.74, 6) is 2.12. The summed E-state index contributed by atoms with van der Waals surface area (Å²) < 4.78 is 0. The minimum atomic E-state index is 0.253. The van der Waals surface area contributed by atoms with Crippen LogP contribution in [0.1, 0.15) is 44.6 Å². The van der Waals surface area contributed by atoms with Gasteiger partial charge in [-0.2, -0.15) is 0 Å². The molecule has 0 aliphatic heterocycles. The molecule has 3 atom stereocenters. The van der Waals surface area contributed by atoms with Gasteiger partial charge in [-0.1, -0.05) is 44.2 Å². The van der Waals surface area contributed by atoms with Gasteiger partial charge in [-0.15, -0.1) is 0 Å². The number of rotatable bonds is 7. The summed E-state index contributed by atoms with van der Waals surface area (Å²) in [6.07, 6.45) is 2.76. The minimum Gasteiger partial charge on any atom is -0.330 e. The Kier molecular flexibility index (Phi) is 4.76. The SMILES string of the molecule is CC(C)CC(CN)CC(=O)C1CC1c1ccccc1. The molecule has 104 valence electrons. The topological polar surface area (TPSA) is 43.1 Å². The molecule has 1 aromatic rings. The van der Waals surface area contributed by atoms with E-state index in [0.29, 0.717) is 36.5 Å². The van der Waals surface area contributed by atoms with Crippen LogP contribution in [0.15, 0.2) is 30.3 Å². The van der Waals surface area contributed by atoms with Gasteiger partial charge in [0.1, 0.15) is 5.78 Å². The Balaban J connectivity index is 1.85. The molecule has 19 heavy (non-hydrogen) atoms. The Hall–Kier alpha value is -1.15. The van der Waals surface area contributed by atoms with E-state index in [1.165, 1.54) is 5.56 Å². The molecule has 0 radical (unpaired) electrons. The van der Waals surface area contributed by atoms with E-state index in [1.54, 1.807) is 0 Å². The van der Waals surface area contributed by atoms with Crippen LogP contribution >= 0.6 is 0 Å². The number of carbonyl (C=O) groups is 1. The third kappa shape index (κ3) is 3.90. The summed E-state index contributed by atoms with van der Waals surface area (Å²) in [5, 5.41) is 0. The normalized spacial score (nSPS) is 23.4. The Labute approximate surface area is 116 Å². The summed E-state index contributed by atoms with van der Waals surface area (Å²) in [5.41, 5.74) is 7.10. The lowest BCUT2D eigenvalue weighted by Crippen LogP contribution is -2.21. The van der Waals surface area contributed by atoms with Crippen molar-refractivity contribution in [2.24, 2.45) is 23.5 Å². The van der Waals surface area contributed by atoms with Gasteiger partial charge in [0.2, 0.25) is 0 Å². The zero-order valence-electron chi connectivity index (χ0n) is 12.0. The summed E-state index contributed by atoms with van der Waals surface area (Å²) in [6, 6.07) is 10.4. The van der Waals surface area contributed by atoms with Crippen LogP contribution in [0.5, 0.6) is 0 Å². The summed E-state index contributed by atoms with van der Waals surface area (Å²) in [6.45, 7) is 5.01. The molecule has 0 heterocycles. The molecule has 1 fully saturated rings. The first-order chi connectivity index (χ1) is 9.11. The van der Waals surface area contributed by atoms with Crippen LogP contribution in [0.3, 0.4) is 0 Å². The maximum atomic E-state index is 12.3. The van der Waals surface area contributed by atoms with Gasteiger partial charge in [0.15, 0.2) is 0 Å². The molecule has 1 aromatic carbocycles. The molecule has 0 saturated heterocycles. The van der Waals surface area contributed by atoms with E-state index in [4.69, 9.17) is 5.73 Å². The van der Waals surface area contributed by atoms with Gasteiger partial charge in [0, 0.05) is 12.3 Å². The van der Waals surface area contributed by atoms with Crippen molar-refractivity contribution in [3.05, 3.63) is 35.9 Å². The molecule has 1 aliphatic carbocycles.